The Labute approximate surface area is 142 Å². The second kappa shape index (κ2) is 8.11. The van der Waals surface area contributed by atoms with Gasteiger partial charge < -0.3 is 15.1 Å². The molecule has 124 valence electrons. The molecule has 0 aliphatic carbocycles. The lowest BCUT2D eigenvalue weighted by Crippen LogP contribution is -2.35. The summed E-state index contributed by atoms with van der Waals surface area (Å²) in [6.45, 7) is 6.23. The summed E-state index contributed by atoms with van der Waals surface area (Å²) in [6, 6.07) is 7.51. The minimum absolute atomic E-state index is 0.335. The van der Waals surface area contributed by atoms with Crippen molar-refractivity contribution in [3.63, 3.8) is 0 Å². The van der Waals surface area contributed by atoms with Crippen LogP contribution in [0.15, 0.2) is 33.5 Å². The number of anilines is 1. The Hall–Kier alpha value is -1.88. The molecule has 1 atom stereocenters. The number of aryl methyl sites for hydroxylation is 1. The van der Waals surface area contributed by atoms with E-state index in [4.69, 9.17) is 16.6 Å². The molecule has 1 aromatic carbocycles. The summed E-state index contributed by atoms with van der Waals surface area (Å²) in [7, 11) is 0. The smallest absolute Gasteiger partial charge is 0.336 e. The van der Waals surface area contributed by atoms with Crippen LogP contribution in [-0.4, -0.2) is 11.2 Å². The van der Waals surface area contributed by atoms with Crippen LogP contribution in [0.3, 0.4) is 0 Å². The number of hydrogen-bond donors (Lipinski definition) is 2. The summed E-state index contributed by atoms with van der Waals surface area (Å²) in [5.41, 5.74) is 1.95. The standard InChI is InChI=1S/C18H24N2O2S/c1-4-5-6-7-13(3)19-18(23)20-14-8-9-15-12(2)10-17(21)22-16(15)11-14/h8-11,13H,4-7H2,1-3H3,(H2,19,20,23). The highest BCUT2D eigenvalue weighted by atomic mass is 32.1. The molecule has 0 spiro atoms. The zero-order chi connectivity index (χ0) is 16.8. The molecule has 2 N–H and O–H groups in total. The van der Waals surface area contributed by atoms with Crippen LogP contribution < -0.4 is 16.3 Å². The zero-order valence-electron chi connectivity index (χ0n) is 13.9. The van der Waals surface area contributed by atoms with Crippen LogP contribution in [0.25, 0.3) is 11.0 Å². The van der Waals surface area contributed by atoms with Gasteiger partial charge in [0, 0.05) is 29.2 Å². The molecule has 4 nitrogen and oxygen atoms in total. The predicted octanol–water partition coefficient (Wildman–Crippen LogP) is 4.36. The van der Waals surface area contributed by atoms with Crippen molar-refractivity contribution in [1.82, 2.24) is 5.32 Å². The van der Waals surface area contributed by atoms with Crippen molar-refractivity contribution in [1.29, 1.82) is 0 Å². The molecular weight excluding hydrogens is 308 g/mol. The molecule has 0 aliphatic heterocycles. The monoisotopic (exact) mass is 332 g/mol. The van der Waals surface area contributed by atoms with Gasteiger partial charge in [-0.1, -0.05) is 26.2 Å². The van der Waals surface area contributed by atoms with Gasteiger partial charge in [0.2, 0.25) is 0 Å². The molecule has 0 bridgehead atoms. The van der Waals surface area contributed by atoms with Gasteiger partial charge in [-0.2, -0.15) is 0 Å². The molecule has 5 heteroatoms. The van der Waals surface area contributed by atoms with Crippen LogP contribution in [0.1, 0.15) is 45.1 Å². The molecule has 1 heterocycles. The van der Waals surface area contributed by atoms with Gasteiger partial charge in [0.1, 0.15) is 5.58 Å². The highest BCUT2D eigenvalue weighted by Crippen LogP contribution is 2.20. The SMILES string of the molecule is CCCCCC(C)NC(=S)Nc1ccc2c(C)cc(=O)oc2c1. The molecule has 2 rings (SSSR count). The van der Waals surface area contributed by atoms with E-state index in [0.717, 1.165) is 23.1 Å². The maximum Gasteiger partial charge on any atom is 0.336 e. The summed E-state index contributed by atoms with van der Waals surface area (Å²) in [4.78, 5) is 11.5. The third-order valence-corrected chi connectivity index (χ3v) is 4.05. The van der Waals surface area contributed by atoms with E-state index in [0.29, 0.717) is 16.7 Å². The van der Waals surface area contributed by atoms with Crippen molar-refractivity contribution in [3.8, 4) is 0 Å². The first kappa shape index (κ1) is 17.5. The van der Waals surface area contributed by atoms with Crippen molar-refractivity contribution >= 4 is 34.0 Å². The number of nitrogens with one attached hydrogen (secondary N) is 2. The molecule has 0 saturated carbocycles. The molecule has 0 amide bonds. The predicted molar refractivity (Wildman–Crippen MR) is 100 cm³/mol. The van der Waals surface area contributed by atoms with Gasteiger partial charge in [-0.3, -0.25) is 0 Å². The van der Waals surface area contributed by atoms with E-state index in [2.05, 4.69) is 24.5 Å². The average molecular weight is 332 g/mol. The quantitative estimate of drug-likeness (QED) is 0.468. The van der Waals surface area contributed by atoms with Gasteiger partial charge in [0.05, 0.1) is 0 Å². The summed E-state index contributed by atoms with van der Waals surface area (Å²) >= 11 is 5.35. The molecule has 1 aromatic heterocycles. The Bertz CT molecular complexity index is 739. The lowest BCUT2D eigenvalue weighted by atomic mass is 10.1. The van der Waals surface area contributed by atoms with Gasteiger partial charge in [-0.15, -0.1) is 0 Å². The maximum absolute atomic E-state index is 11.5. The number of benzene rings is 1. The first-order valence-corrected chi connectivity index (χ1v) is 8.52. The molecule has 0 radical (unpaired) electrons. The normalized spacial score (nSPS) is 12.1. The third-order valence-electron chi connectivity index (χ3n) is 3.83. The fourth-order valence-corrected chi connectivity index (χ4v) is 2.89. The Kier molecular flexibility index (Phi) is 6.16. The lowest BCUT2D eigenvalue weighted by molar-refractivity contribution is 0.556. The van der Waals surface area contributed by atoms with Crippen molar-refractivity contribution in [2.24, 2.45) is 0 Å². The van der Waals surface area contributed by atoms with Crippen LogP contribution in [0.4, 0.5) is 5.69 Å². The summed E-state index contributed by atoms with van der Waals surface area (Å²) < 4.78 is 5.25. The molecule has 0 fully saturated rings. The Morgan fingerprint density at radius 3 is 2.83 bits per heavy atom. The van der Waals surface area contributed by atoms with Gasteiger partial charge in [0.15, 0.2) is 5.11 Å². The molecule has 23 heavy (non-hydrogen) atoms. The molecule has 0 aliphatic rings. The average Bonchev–Trinajstić information content (AvgIpc) is 2.46. The van der Waals surface area contributed by atoms with Crippen molar-refractivity contribution in [3.05, 3.63) is 40.2 Å². The van der Waals surface area contributed by atoms with Crippen molar-refractivity contribution in [2.75, 3.05) is 5.32 Å². The first-order chi connectivity index (χ1) is 11.0. The maximum atomic E-state index is 11.5. The topological polar surface area (TPSA) is 54.3 Å². The van der Waals surface area contributed by atoms with Crippen molar-refractivity contribution in [2.45, 2.75) is 52.5 Å². The van der Waals surface area contributed by atoms with E-state index in [1.807, 2.05) is 19.1 Å². The molecule has 2 aromatic rings. The number of fused-ring (bicyclic) bond motifs is 1. The summed E-state index contributed by atoms with van der Waals surface area (Å²) in [6.07, 6.45) is 4.77. The van der Waals surface area contributed by atoms with Crippen LogP contribution in [-0.2, 0) is 0 Å². The highest BCUT2D eigenvalue weighted by Gasteiger charge is 2.07. The van der Waals surface area contributed by atoms with E-state index >= 15 is 0 Å². The Morgan fingerprint density at radius 1 is 1.30 bits per heavy atom. The Balaban J connectivity index is 2.01. The molecular formula is C18H24N2O2S. The van der Waals surface area contributed by atoms with E-state index in [1.165, 1.54) is 25.3 Å². The van der Waals surface area contributed by atoms with Gasteiger partial charge in [-0.25, -0.2) is 4.79 Å². The van der Waals surface area contributed by atoms with Crippen LogP contribution in [0.5, 0.6) is 0 Å². The summed E-state index contributed by atoms with van der Waals surface area (Å²) in [5.74, 6) is 0. The molecule has 0 saturated heterocycles. The van der Waals surface area contributed by atoms with Crippen LogP contribution in [0.2, 0.25) is 0 Å². The van der Waals surface area contributed by atoms with E-state index in [-0.39, 0.29) is 5.63 Å². The number of thiocarbonyl (C=S) groups is 1. The fourth-order valence-electron chi connectivity index (χ4n) is 2.57. The lowest BCUT2D eigenvalue weighted by Gasteiger charge is -2.17. The minimum atomic E-state index is -0.336. The summed E-state index contributed by atoms with van der Waals surface area (Å²) in [5, 5.41) is 7.96. The Morgan fingerprint density at radius 2 is 2.09 bits per heavy atom. The third kappa shape index (κ3) is 5.06. The van der Waals surface area contributed by atoms with E-state index < -0.39 is 0 Å². The fraction of sp³-hybridized carbons (Fsp3) is 0.444. The number of hydrogen-bond acceptors (Lipinski definition) is 3. The second-order valence-electron chi connectivity index (χ2n) is 5.95. The first-order valence-electron chi connectivity index (χ1n) is 8.11. The highest BCUT2D eigenvalue weighted by molar-refractivity contribution is 7.80. The zero-order valence-corrected chi connectivity index (χ0v) is 14.8. The van der Waals surface area contributed by atoms with Crippen LogP contribution in [0, 0.1) is 6.92 Å². The second-order valence-corrected chi connectivity index (χ2v) is 6.36. The van der Waals surface area contributed by atoms with Crippen LogP contribution >= 0.6 is 12.2 Å². The van der Waals surface area contributed by atoms with Crippen molar-refractivity contribution < 1.29 is 4.42 Å². The van der Waals surface area contributed by atoms with Gasteiger partial charge in [0.25, 0.3) is 0 Å². The largest absolute Gasteiger partial charge is 0.423 e. The van der Waals surface area contributed by atoms with Gasteiger partial charge in [-0.05, 0) is 50.2 Å². The number of unbranched alkanes of at least 4 members (excludes halogenated alkanes) is 2. The van der Waals surface area contributed by atoms with Gasteiger partial charge >= 0.3 is 5.63 Å². The van der Waals surface area contributed by atoms with E-state index in [9.17, 15) is 4.79 Å². The number of rotatable bonds is 6. The van der Waals surface area contributed by atoms with E-state index in [1.54, 1.807) is 6.07 Å². The molecule has 1 unspecified atom stereocenters. The minimum Gasteiger partial charge on any atom is -0.423 e.